The van der Waals surface area contributed by atoms with Crippen molar-refractivity contribution < 1.29 is 14.3 Å². The largest absolute Gasteiger partial charge is 0.456 e. The minimum Gasteiger partial charge on any atom is -0.456 e. The molecule has 2 aromatic rings. The average Bonchev–Trinajstić information content (AvgIpc) is 3.41. The number of nitrogens with one attached hydrogen (secondary N) is 1. The number of esters is 1. The third-order valence-electron chi connectivity index (χ3n) is 5.02. The minimum atomic E-state index is -0.755. The maximum absolute atomic E-state index is 12.7. The predicted octanol–water partition coefficient (Wildman–Crippen LogP) is 2.80. The van der Waals surface area contributed by atoms with Crippen LogP contribution in [0.25, 0.3) is 0 Å². The number of ether oxygens (including phenoxy) is 1. The summed E-state index contributed by atoms with van der Waals surface area (Å²) in [6.07, 6.45) is 2.06. The Morgan fingerprint density at radius 1 is 1.21 bits per heavy atom. The van der Waals surface area contributed by atoms with E-state index in [0.717, 1.165) is 18.4 Å². The molecule has 1 amide bonds. The van der Waals surface area contributed by atoms with Gasteiger partial charge in [0.2, 0.25) is 0 Å². The van der Waals surface area contributed by atoms with E-state index in [-0.39, 0.29) is 23.8 Å². The van der Waals surface area contributed by atoms with Crippen LogP contribution in [0.2, 0.25) is 0 Å². The third kappa shape index (κ3) is 5.19. The number of nitrogens with zero attached hydrogens (tertiary/aromatic N) is 4. The Balaban J connectivity index is 1.62. The Kier molecular flexibility index (Phi) is 6.00. The van der Waals surface area contributed by atoms with Crippen molar-refractivity contribution in [2.75, 3.05) is 0 Å². The summed E-state index contributed by atoms with van der Waals surface area (Å²) in [6.45, 7) is 10.1. The molecule has 156 valence electrons. The van der Waals surface area contributed by atoms with E-state index >= 15 is 0 Å². The average molecular weight is 399 g/mol. The normalized spacial score (nSPS) is 15.2. The Labute approximate surface area is 171 Å². The van der Waals surface area contributed by atoms with Crippen molar-refractivity contribution in [2.24, 2.45) is 5.92 Å². The van der Waals surface area contributed by atoms with Gasteiger partial charge in [-0.3, -0.25) is 4.79 Å². The molecule has 1 aliphatic carbocycles. The molecule has 1 aromatic carbocycles. The zero-order chi connectivity index (χ0) is 21.2. The lowest BCUT2D eigenvalue weighted by molar-refractivity contribution is -0.148. The Morgan fingerprint density at radius 3 is 2.41 bits per heavy atom. The van der Waals surface area contributed by atoms with Gasteiger partial charge in [-0.15, -0.1) is 5.10 Å². The summed E-state index contributed by atoms with van der Waals surface area (Å²) in [5.74, 6) is -0.402. The number of hydrogen-bond acceptors (Lipinski definition) is 6. The molecule has 0 aliphatic heterocycles. The molecule has 1 fully saturated rings. The van der Waals surface area contributed by atoms with E-state index in [2.05, 4.69) is 41.6 Å². The number of aromatic nitrogens is 4. The summed E-state index contributed by atoms with van der Waals surface area (Å²) < 4.78 is 7.11. The molecule has 1 heterocycles. The first-order chi connectivity index (χ1) is 13.7. The number of benzene rings is 1. The van der Waals surface area contributed by atoms with E-state index in [4.69, 9.17) is 4.74 Å². The van der Waals surface area contributed by atoms with Crippen LogP contribution in [0.15, 0.2) is 24.3 Å². The topological polar surface area (TPSA) is 99.0 Å². The molecule has 1 N–H and O–H groups in total. The maximum atomic E-state index is 12.7. The first-order valence-electron chi connectivity index (χ1n) is 10.0. The second kappa shape index (κ2) is 8.31. The smallest absolute Gasteiger partial charge is 0.329 e. The van der Waals surface area contributed by atoms with E-state index in [9.17, 15) is 9.59 Å². The molecule has 1 atom stereocenters. The van der Waals surface area contributed by atoms with Gasteiger partial charge in [0, 0.05) is 5.56 Å². The third-order valence-corrected chi connectivity index (χ3v) is 5.02. The van der Waals surface area contributed by atoms with Gasteiger partial charge < -0.3 is 10.1 Å². The Bertz CT molecular complexity index is 863. The van der Waals surface area contributed by atoms with E-state index in [0.29, 0.717) is 17.4 Å². The van der Waals surface area contributed by atoms with Gasteiger partial charge in [-0.2, -0.15) is 0 Å². The van der Waals surface area contributed by atoms with Crippen molar-refractivity contribution in [3.63, 3.8) is 0 Å². The van der Waals surface area contributed by atoms with Crippen molar-refractivity contribution in [1.82, 2.24) is 25.5 Å². The Morgan fingerprint density at radius 2 is 1.86 bits per heavy atom. The van der Waals surface area contributed by atoms with Crippen LogP contribution in [0, 0.1) is 5.92 Å². The van der Waals surface area contributed by atoms with Gasteiger partial charge in [0.1, 0.15) is 6.04 Å². The van der Waals surface area contributed by atoms with Crippen molar-refractivity contribution in [3.05, 3.63) is 41.2 Å². The fourth-order valence-corrected chi connectivity index (χ4v) is 2.98. The van der Waals surface area contributed by atoms with Gasteiger partial charge >= 0.3 is 5.97 Å². The lowest BCUT2D eigenvalue weighted by Crippen LogP contribution is -2.45. The van der Waals surface area contributed by atoms with Gasteiger partial charge in [0.05, 0.1) is 6.04 Å². The molecule has 0 spiro atoms. The second-order valence-electron chi connectivity index (χ2n) is 8.90. The highest BCUT2D eigenvalue weighted by molar-refractivity contribution is 5.96. The van der Waals surface area contributed by atoms with Crippen LogP contribution in [-0.4, -0.2) is 38.1 Å². The van der Waals surface area contributed by atoms with Crippen LogP contribution in [0.4, 0.5) is 0 Å². The highest BCUT2D eigenvalue weighted by Crippen LogP contribution is 2.34. The molecular weight excluding hydrogens is 370 g/mol. The molecule has 8 nitrogen and oxygen atoms in total. The Hall–Kier alpha value is -2.77. The van der Waals surface area contributed by atoms with Crippen LogP contribution in [-0.2, 0) is 21.6 Å². The van der Waals surface area contributed by atoms with Crippen LogP contribution >= 0.6 is 0 Å². The van der Waals surface area contributed by atoms with E-state index in [1.54, 1.807) is 16.8 Å². The van der Waals surface area contributed by atoms with Crippen LogP contribution in [0.3, 0.4) is 0 Å². The summed E-state index contributed by atoms with van der Waals surface area (Å²) in [7, 11) is 0. The van der Waals surface area contributed by atoms with Crippen LogP contribution < -0.4 is 5.32 Å². The molecule has 0 bridgehead atoms. The summed E-state index contributed by atoms with van der Waals surface area (Å²) in [4.78, 5) is 25.3. The monoisotopic (exact) mass is 399 g/mol. The number of rotatable bonds is 7. The number of tetrazole rings is 1. The molecule has 3 rings (SSSR count). The van der Waals surface area contributed by atoms with Gasteiger partial charge in [0.15, 0.2) is 12.4 Å². The van der Waals surface area contributed by atoms with Gasteiger partial charge in [-0.1, -0.05) is 46.8 Å². The minimum absolute atomic E-state index is 0.00909. The molecule has 8 heteroatoms. The fourth-order valence-electron chi connectivity index (χ4n) is 2.98. The fraction of sp³-hybridized carbons (Fsp3) is 0.571. The van der Waals surface area contributed by atoms with E-state index < -0.39 is 12.0 Å². The molecule has 1 aliphatic rings. The van der Waals surface area contributed by atoms with E-state index in [1.807, 2.05) is 26.0 Å². The van der Waals surface area contributed by atoms with Crippen LogP contribution in [0.1, 0.15) is 75.2 Å². The summed E-state index contributed by atoms with van der Waals surface area (Å²) in [5.41, 5.74) is 1.66. The maximum Gasteiger partial charge on any atom is 0.329 e. The molecule has 0 unspecified atom stereocenters. The highest BCUT2D eigenvalue weighted by Gasteiger charge is 2.30. The first kappa shape index (κ1) is 21.0. The SMILES string of the molecule is CC(C)[C@H](NC(=O)c1ccc(C(C)(C)C)cc1)C(=O)OCc1nnnn1C1CC1. The van der Waals surface area contributed by atoms with E-state index in [1.165, 1.54) is 0 Å². The van der Waals surface area contributed by atoms with Gasteiger partial charge in [-0.05, 0) is 52.3 Å². The number of amides is 1. The predicted molar refractivity (Wildman–Crippen MR) is 107 cm³/mol. The zero-order valence-corrected chi connectivity index (χ0v) is 17.7. The highest BCUT2D eigenvalue weighted by atomic mass is 16.5. The summed E-state index contributed by atoms with van der Waals surface area (Å²) in [6, 6.07) is 6.99. The number of hydrogen-bond donors (Lipinski definition) is 1. The first-order valence-corrected chi connectivity index (χ1v) is 10.0. The van der Waals surface area contributed by atoms with Crippen molar-refractivity contribution in [2.45, 2.75) is 71.6 Å². The van der Waals surface area contributed by atoms with Gasteiger partial charge in [-0.25, -0.2) is 9.48 Å². The molecule has 1 aromatic heterocycles. The van der Waals surface area contributed by atoms with Crippen LogP contribution in [0.5, 0.6) is 0 Å². The second-order valence-corrected chi connectivity index (χ2v) is 8.90. The molecular formula is C21H29N5O3. The molecule has 0 radical (unpaired) electrons. The standard InChI is InChI=1S/C21H29N5O3/c1-13(2)18(20(28)29-12-17-23-24-25-26(17)16-10-11-16)22-19(27)14-6-8-15(9-7-14)21(3,4)5/h6-9,13,16,18H,10-12H2,1-5H3,(H,22,27)/t18-/m0/s1. The number of carbonyl (C=O) groups is 2. The van der Waals surface area contributed by atoms with Crippen molar-refractivity contribution in [3.8, 4) is 0 Å². The quantitative estimate of drug-likeness (QED) is 0.719. The zero-order valence-electron chi connectivity index (χ0n) is 17.7. The summed E-state index contributed by atoms with van der Waals surface area (Å²) in [5, 5.41) is 14.3. The van der Waals surface area contributed by atoms with Crippen molar-refractivity contribution in [1.29, 1.82) is 0 Å². The summed E-state index contributed by atoms with van der Waals surface area (Å²) >= 11 is 0. The molecule has 1 saturated carbocycles. The molecule has 0 saturated heterocycles. The number of carbonyl (C=O) groups excluding carboxylic acids is 2. The van der Waals surface area contributed by atoms with Crippen molar-refractivity contribution >= 4 is 11.9 Å². The lowest BCUT2D eigenvalue weighted by Gasteiger charge is -2.22. The van der Waals surface area contributed by atoms with Gasteiger partial charge in [0.25, 0.3) is 5.91 Å². The lowest BCUT2D eigenvalue weighted by atomic mass is 9.86. The molecule has 29 heavy (non-hydrogen) atoms.